The van der Waals surface area contributed by atoms with Crippen molar-refractivity contribution < 1.29 is 33.3 Å². The monoisotopic (exact) mass is 452 g/mol. The molecule has 4 aliphatic carbocycles. The van der Waals surface area contributed by atoms with Crippen LogP contribution in [0.15, 0.2) is 23.8 Å². The first kappa shape index (κ1) is 23.7. The van der Waals surface area contributed by atoms with E-state index in [1.807, 2.05) is 0 Å². The molecule has 0 radical (unpaired) electrons. The Balaban J connectivity index is 1.81. The molecule has 0 unspecified atom stereocenters. The van der Waals surface area contributed by atoms with E-state index in [1.165, 1.54) is 25.2 Å². The molecule has 0 aromatic carbocycles. The molecule has 0 spiro atoms. The zero-order valence-electron chi connectivity index (χ0n) is 19.5. The number of hydrogen-bond acceptors (Lipinski definition) is 5. The normalized spacial score (nSPS) is 50.0. The number of carbonyl (C=O) groups excluding carboxylic acids is 2. The quantitative estimate of drug-likeness (QED) is 0.683. The van der Waals surface area contributed by atoms with Crippen LogP contribution in [0.25, 0.3) is 0 Å². The lowest BCUT2D eigenvalue weighted by atomic mass is 9.43. The summed E-state index contributed by atoms with van der Waals surface area (Å²) in [5, 5.41) is 22.9. The van der Waals surface area contributed by atoms with Gasteiger partial charge in [0.2, 0.25) is 0 Å². The number of allylic oxidation sites excluding steroid dienone is 4. The zero-order chi connectivity index (χ0) is 23.9. The van der Waals surface area contributed by atoms with Gasteiger partial charge in [-0.2, -0.15) is 0 Å². The van der Waals surface area contributed by atoms with Crippen LogP contribution in [0, 0.1) is 22.7 Å². The molecule has 0 aliphatic heterocycles. The van der Waals surface area contributed by atoms with Gasteiger partial charge >= 0.3 is 0 Å². The van der Waals surface area contributed by atoms with Crippen LogP contribution in [0.2, 0.25) is 0 Å². The van der Waals surface area contributed by atoms with Gasteiger partial charge in [0.1, 0.15) is 17.9 Å². The van der Waals surface area contributed by atoms with Gasteiger partial charge in [-0.1, -0.05) is 25.5 Å². The van der Waals surface area contributed by atoms with E-state index >= 15 is 8.78 Å². The fraction of sp³-hybridized carbons (Fsp3) is 0.760. The minimum absolute atomic E-state index is 0.0850. The number of aliphatic hydroxyl groups is 2. The number of halogens is 2. The molecule has 7 heteroatoms. The Morgan fingerprint density at radius 2 is 1.94 bits per heavy atom. The maximum Gasteiger partial charge on any atom is 0.190 e. The lowest BCUT2D eigenvalue weighted by Gasteiger charge is -2.64. The number of aliphatic hydroxyl groups excluding tert-OH is 1. The smallest absolute Gasteiger partial charge is 0.190 e. The SMILES string of the molecule is CC(C)OCC(=O)[C@@]1(O)[C@H](C)C[C@@]2(F)[C@@H]3CCC4=CC(=O)C=C[C@]4(C)[C@@]3(F)[C@@H](O)C[C@@]21C. The van der Waals surface area contributed by atoms with Gasteiger partial charge in [-0.3, -0.25) is 9.59 Å². The van der Waals surface area contributed by atoms with Crippen LogP contribution in [0.4, 0.5) is 8.78 Å². The van der Waals surface area contributed by atoms with Crippen molar-refractivity contribution in [3.8, 4) is 0 Å². The van der Waals surface area contributed by atoms with Crippen molar-refractivity contribution in [1.29, 1.82) is 0 Å². The highest BCUT2D eigenvalue weighted by atomic mass is 19.2. The Labute approximate surface area is 187 Å². The maximum atomic E-state index is 17.2. The molecule has 0 bridgehead atoms. The minimum atomic E-state index is -2.37. The third-order valence-corrected chi connectivity index (χ3v) is 9.26. The fourth-order valence-corrected chi connectivity index (χ4v) is 7.44. The Morgan fingerprint density at radius 3 is 2.56 bits per heavy atom. The molecule has 5 nitrogen and oxygen atoms in total. The first-order valence-corrected chi connectivity index (χ1v) is 11.6. The summed E-state index contributed by atoms with van der Waals surface area (Å²) < 4.78 is 39.7. The largest absolute Gasteiger partial charge is 0.390 e. The van der Waals surface area contributed by atoms with Crippen molar-refractivity contribution in [2.24, 2.45) is 22.7 Å². The standard InChI is InChI=1S/C25H34F2O5/c1-14(2)32-13-20(30)25(31)15(3)11-23(26)18-7-6-16-10-17(28)8-9-21(16,4)24(18,27)19(29)12-22(23,25)5/h8-10,14-15,18-19,29,31H,6-7,11-13H2,1-5H3/t15-,18+,19+,21+,22+,23-,24+,25+/m1/s1. The Kier molecular flexibility index (Phi) is 5.21. The number of ketones is 2. The molecule has 2 N–H and O–H groups in total. The van der Waals surface area contributed by atoms with E-state index in [4.69, 9.17) is 4.74 Å². The van der Waals surface area contributed by atoms with Gasteiger partial charge in [0.25, 0.3) is 0 Å². The second-order valence-electron chi connectivity index (χ2n) is 11.0. The molecule has 3 fully saturated rings. The number of alkyl halides is 2. The molecule has 178 valence electrons. The molecule has 0 aromatic heterocycles. The highest BCUT2D eigenvalue weighted by Gasteiger charge is 2.82. The second-order valence-corrected chi connectivity index (χ2v) is 11.0. The summed E-state index contributed by atoms with van der Waals surface area (Å²) in [7, 11) is 0. The van der Waals surface area contributed by atoms with Gasteiger partial charge in [-0.15, -0.1) is 0 Å². The second kappa shape index (κ2) is 7.03. The molecule has 4 aliphatic rings. The molecule has 4 rings (SSSR count). The molecule has 32 heavy (non-hydrogen) atoms. The number of carbonyl (C=O) groups is 2. The number of fused-ring (bicyclic) bond motifs is 5. The predicted octanol–water partition coefficient (Wildman–Crippen LogP) is 3.42. The molecular weight excluding hydrogens is 418 g/mol. The fourth-order valence-electron chi connectivity index (χ4n) is 7.44. The molecular formula is C25H34F2O5. The summed E-state index contributed by atoms with van der Waals surface area (Å²) in [6.45, 7) is 7.83. The number of Topliss-reactive ketones (excluding diaryl/α,β-unsaturated/α-hetero) is 1. The molecule has 0 saturated heterocycles. The van der Waals surface area contributed by atoms with E-state index in [1.54, 1.807) is 27.7 Å². The summed E-state index contributed by atoms with van der Waals surface area (Å²) in [6.07, 6.45) is 2.06. The maximum absolute atomic E-state index is 17.2. The average Bonchev–Trinajstić information content (AvgIpc) is 2.86. The average molecular weight is 453 g/mol. The summed E-state index contributed by atoms with van der Waals surface area (Å²) in [5.74, 6) is -2.89. The highest BCUT2D eigenvalue weighted by Crippen LogP contribution is 2.73. The Hall–Kier alpha value is -1.44. The van der Waals surface area contributed by atoms with E-state index in [-0.39, 0.29) is 31.3 Å². The van der Waals surface area contributed by atoms with Gasteiger partial charge in [0.05, 0.1) is 12.2 Å². The first-order chi connectivity index (χ1) is 14.7. The molecule has 3 saturated carbocycles. The van der Waals surface area contributed by atoms with Crippen LogP contribution in [-0.4, -0.2) is 57.5 Å². The number of ether oxygens (including phenoxy) is 1. The van der Waals surface area contributed by atoms with Crippen LogP contribution in [0.5, 0.6) is 0 Å². The van der Waals surface area contributed by atoms with Crippen LogP contribution in [-0.2, 0) is 14.3 Å². The van der Waals surface area contributed by atoms with Crippen LogP contribution >= 0.6 is 0 Å². The van der Waals surface area contributed by atoms with Crippen molar-refractivity contribution >= 4 is 11.6 Å². The van der Waals surface area contributed by atoms with Crippen molar-refractivity contribution in [3.63, 3.8) is 0 Å². The molecule has 8 atom stereocenters. The predicted molar refractivity (Wildman–Crippen MR) is 114 cm³/mol. The molecule has 0 aromatic rings. The molecule has 0 amide bonds. The van der Waals surface area contributed by atoms with Crippen molar-refractivity contribution in [2.75, 3.05) is 6.61 Å². The third-order valence-electron chi connectivity index (χ3n) is 9.26. The van der Waals surface area contributed by atoms with Gasteiger partial charge in [-0.25, -0.2) is 8.78 Å². The van der Waals surface area contributed by atoms with Gasteiger partial charge in [0, 0.05) is 16.7 Å². The van der Waals surface area contributed by atoms with Gasteiger partial charge in [0.15, 0.2) is 17.2 Å². The summed E-state index contributed by atoms with van der Waals surface area (Å²) in [6, 6.07) is 0. The van der Waals surface area contributed by atoms with Crippen molar-refractivity contribution in [1.82, 2.24) is 0 Å². The van der Waals surface area contributed by atoms with Crippen molar-refractivity contribution in [2.45, 2.75) is 89.4 Å². The van der Waals surface area contributed by atoms with E-state index in [0.29, 0.717) is 12.0 Å². The van der Waals surface area contributed by atoms with E-state index < -0.39 is 57.9 Å². The van der Waals surface area contributed by atoms with Gasteiger partial charge < -0.3 is 14.9 Å². The zero-order valence-corrected chi connectivity index (χ0v) is 19.5. The Morgan fingerprint density at radius 1 is 1.28 bits per heavy atom. The summed E-state index contributed by atoms with van der Waals surface area (Å²) in [5.41, 5.74) is -9.13. The number of rotatable bonds is 4. The van der Waals surface area contributed by atoms with E-state index in [0.717, 1.165) is 0 Å². The van der Waals surface area contributed by atoms with Crippen LogP contribution in [0.1, 0.15) is 60.3 Å². The van der Waals surface area contributed by atoms with E-state index in [2.05, 4.69) is 0 Å². The van der Waals surface area contributed by atoms with E-state index in [9.17, 15) is 19.8 Å². The summed E-state index contributed by atoms with van der Waals surface area (Å²) in [4.78, 5) is 25.1. The van der Waals surface area contributed by atoms with Crippen molar-refractivity contribution in [3.05, 3.63) is 23.8 Å². The highest BCUT2D eigenvalue weighted by molar-refractivity contribution is 6.01. The summed E-state index contributed by atoms with van der Waals surface area (Å²) >= 11 is 0. The first-order valence-electron chi connectivity index (χ1n) is 11.6. The third kappa shape index (κ3) is 2.59. The van der Waals surface area contributed by atoms with Crippen LogP contribution in [0.3, 0.4) is 0 Å². The lowest BCUT2D eigenvalue weighted by Crippen LogP contribution is -2.74. The van der Waals surface area contributed by atoms with Crippen LogP contribution < -0.4 is 0 Å². The van der Waals surface area contributed by atoms with Gasteiger partial charge in [-0.05, 0) is 64.5 Å². The number of hydrogen-bond donors (Lipinski definition) is 2. The minimum Gasteiger partial charge on any atom is -0.390 e. The topological polar surface area (TPSA) is 83.8 Å². The Bertz CT molecular complexity index is 914. The molecule has 0 heterocycles. The lowest BCUT2D eigenvalue weighted by molar-refractivity contribution is -0.255.